The molecule has 0 radical (unpaired) electrons. The van der Waals surface area contributed by atoms with Crippen molar-refractivity contribution in [1.29, 1.82) is 0 Å². The highest BCUT2D eigenvalue weighted by Gasteiger charge is 2.12. The van der Waals surface area contributed by atoms with Crippen LogP contribution in [0.15, 0.2) is 42.0 Å². The van der Waals surface area contributed by atoms with Gasteiger partial charge < -0.3 is 0 Å². The highest BCUT2D eigenvalue weighted by Crippen LogP contribution is 2.25. The van der Waals surface area contributed by atoms with Gasteiger partial charge in [0.2, 0.25) is 4.96 Å². The Kier molecular flexibility index (Phi) is 3.06. The Balaban J connectivity index is 1.70. The number of thiophene rings is 1. The number of pyridine rings is 1. The summed E-state index contributed by atoms with van der Waals surface area (Å²) in [4.78, 5) is 5.94. The molecule has 0 amide bonds. The molecule has 102 valence electrons. The fourth-order valence-corrected chi connectivity index (χ4v) is 3.34. The Morgan fingerprint density at radius 3 is 2.90 bits per heavy atom. The van der Waals surface area contributed by atoms with E-state index in [1.165, 1.54) is 11.3 Å². The molecule has 5 nitrogen and oxygen atoms in total. The minimum Gasteiger partial charge on any atom is -0.264 e. The highest BCUT2D eigenvalue weighted by atomic mass is 32.1. The third-order valence-corrected chi connectivity index (χ3v) is 4.58. The Hall–Kier alpha value is -2.38. The third kappa shape index (κ3) is 2.37. The van der Waals surface area contributed by atoms with Gasteiger partial charge in [0.1, 0.15) is 5.01 Å². The van der Waals surface area contributed by atoms with Gasteiger partial charge in [-0.05, 0) is 29.2 Å². The first-order valence-electron chi connectivity index (χ1n) is 6.24. The van der Waals surface area contributed by atoms with Crippen LogP contribution in [0.25, 0.3) is 27.8 Å². The number of fused-ring (bicyclic) bond motifs is 1. The van der Waals surface area contributed by atoms with Gasteiger partial charge in [0.05, 0.1) is 4.88 Å². The van der Waals surface area contributed by atoms with Crippen LogP contribution in [-0.4, -0.2) is 24.8 Å². The lowest BCUT2D eigenvalue weighted by atomic mass is 10.3. The van der Waals surface area contributed by atoms with Gasteiger partial charge >= 0.3 is 0 Å². The van der Waals surface area contributed by atoms with Crippen LogP contribution < -0.4 is 0 Å². The summed E-state index contributed by atoms with van der Waals surface area (Å²) < 4.78 is 1.79. The van der Waals surface area contributed by atoms with Crippen molar-refractivity contribution in [3.05, 3.63) is 52.6 Å². The van der Waals surface area contributed by atoms with Crippen molar-refractivity contribution in [2.45, 2.75) is 0 Å². The van der Waals surface area contributed by atoms with E-state index in [9.17, 15) is 0 Å². The van der Waals surface area contributed by atoms with Gasteiger partial charge in [-0.15, -0.1) is 21.5 Å². The minimum atomic E-state index is 0.789. The SMILES string of the molecule is C(=Cc1nn2c(-c3cccs3)nnc2s1)c1cccnc1. The summed E-state index contributed by atoms with van der Waals surface area (Å²) in [5.41, 5.74) is 1.04. The average molecular weight is 311 g/mol. The molecule has 0 aliphatic carbocycles. The zero-order chi connectivity index (χ0) is 14.1. The first kappa shape index (κ1) is 12.4. The van der Waals surface area contributed by atoms with Gasteiger partial charge in [0.25, 0.3) is 0 Å². The smallest absolute Gasteiger partial charge is 0.235 e. The summed E-state index contributed by atoms with van der Waals surface area (Å²) in [6.07, 6.45) is 7.53. The molecular weight excluding hydrogens is 302 g/mol. The van der Waals surface area contributed by atoms with Gasteiger partial charge in [-0.2, -0.15) is 9.61 Å². The number of hydrogen-bond donors (Lipinski definition) is 0. The van der Waals surface area contributed by atoms with Crippen LogP contribution >= 0.6 is 22.7 Å². The van der Waals surface area contributed by atoms with E-state index in [0.717, 1.165) is 26.2 Å². The molecule has 0 bridgehead atoms. The van der Waals surface area contributed by atoms with Gasteiger partial charge in [-0.25, -0.2) is 0 Å². The van der Waals surface area contributed by atoms with E-state index >= 15 is 0 Å². The van der Waals surface area contributed by atoms with E-state index in [1.54, 1.807) is 22.0 Å². The standard InChI is InChI=1S/C14H9N5S2/c1-3-10(9-15-7-1)5-6-12-18-19-13(11-4-2-8-20-11)16-17-14(19)21-12/h1-9H. The first-order chi connectivity index (χ1) is 10.4. The molecule has 0 unspecified atom stereocenters. The van der Waals surface area contributed by atoms with Crippen LogP contribution in [0.4, 0.5) is 0 Å². The molecule has 4 rings (SSSR count). The number of rotatable bonds is 3. The van der Waals surface area contributed by atoms with Gasteiger partial charge in [-0.1, -0.05) is 29.5 Å². The Labute approximate surface area is 128 Å². The molecule has 4 aromatic rings. The van der Waals surface area contributed by atoms with Crippen molar-refractivity contribution in [3.63, 3.8) is 0 Å². The highest BCUT2D eigenvalue weighted by molar-refractivity contribution is 7.17. The second-order valence-corrected chi connectivity index (χ2v) is 6.19. The molecule has 0 saturated heterocycles. The van der Waals surface area contributed by atoms with E-state index in [0.29, 0.717) is 0 Å². The Morgan fingerprint density at radius 2 is 2.10 bits per heavy atom. The predicted octanol–water partition coefficient (Wildman–Crippen LogP) is 3.48. The normalized spacial score (nSPS) is 11.6. The fourth-order valence-electron chi connectivity index (χ4n) is 1.90. The molecule has 7 heteroatoms. The monoisotopic (exact) mass is 311 g/mol. The predicted molar refractivity (Wildman–Crippen MR) is 85.1 cm³/mol. The maximum absolute atomic E-state index is 4.55. The largest absolute Gasteiger partial charge is 0.264 e. The summed E-state index contributed by atoms with van der Waals surface area (Å²) in [6, 6.07) is 7.93. The maximum Gasteiger partial charge on any atom is 0.235 e. The molecule has 4 heterocycles. The van der Waals surface area contributed by atoms with E-state index in [4.69, 9.17) is 0 Å². The molecule has 0 atom stereocenters. The van der Waals surface area contributed by atoms with Crippen LogP contribution in [0.2, 0.25) is 0 Å². The van der Waals surface area contributed by atoms with Crippen LogP contribution in [0.5, 0.6) is 0 Å². The second kappa shape index (κ2) is 5.19. The van der Waals surface area contributed by atoms with E-state index in [-0.39, 0.29) is 0 Å². The summed E-state index contributed by atoms with van der Waals surface area (Å²) in [5.74, 6) is 0.789. The molecule has 0 saturated carbocycles. The summed E-state index contributed by atoms with van der Waals surface area (Å²) >= 11 is 3.14. The van der Waals surface area contributed by atoms with Gasteiger partial charge in [-0.3, -0.25) is 4.98 Å². The van der Waals surface area contributed by atoms with E-state index < -0.39 is 0 Å². The topological polar surface area (TPSA) is 56.0 Å². The molecule has 21 heavy (non-hydrogen) atoms. The molecule has 0 aliphatic heterocycles. The first-order valence-corrected chi connectivity index (χ1v) is 7.94. The van der Waals surface area contributed by atoms with Gasteiger partial charge in [0.15, 0.2) is 5.82 Å². The summed E-state index contributed by atoms with van der Waals surface area (Å²) in [5, 5.41) is 15.8. The van der Waals surface area contributed by atoms with E-state index in [2.05, 4.69) is 20.3 Å². The molecule has 0 aliphatic rings. The van der Waals surface area contributed by atoms with Crippen molar-refractivity contribution < 1.29 is 0 Å². The average Bonchev–Trinajstić information content (AvgIpc) is 3.22. The van der Waals surface area contributed by atoms with Crippen LogP contribution in [0, 0.1) is 0 Å². The lowest BCUT2D eigenvalue weighted by molar-refractivity contribution is 0.963. The minimum absolute atomic E-state index is 0.789. The van der Waals surface area contributed by atoms with Gasteiger partial charge in [0, 0.05) is 12.4 Å². The third-order valence-electron chi connectivity index (χ3n) is 2.85. The molecule has 0 fully saturated rings. The lowest BCUT2D eigenvalue weighted by Gasteiger charge is -1.90. The molecule has 0 aromatic carbocycles. The molecule has 4 aromatic heterocycles. The molecule has 0 N–H and O–H groups in total. The lowest BCUT2D eigenvalue weighted by Crippen LogP contribution is -1.88. The van der Waals surface area contributed by atoms with Crippen molar-refractivity contribution in [2.24, 2.45) is 0 Å². The Bertz CT molecular complexity index is 890. The van der Waals surface area contributed by atoms with Crippen molar-refractivity contribution in [3.8, 4) is 10.7 Å². The Morgan fingerprint density at radius 1 is 1.10 bits per heavy atom. The fraction of sp³-hybridized carbons (Fsp3) is 0. The molecular formula is C14H9N5S2. The van der Waals surface area contributed by atoms with Crippen LogP contribution in [-0.2, 0) is 0 Å². The van der Waals surface area contributed by atoms with Crippen LogP contribution in [0.1, 0.15) is 10.6 Å². The number of aromatic nitrogens is 5. The zero-order valence-electron chi connectivity index (χ0n) is 10.7. The zero-order valence-corrected chi connectivity index (χ0v) is 12.4. The number of hydrogen-bond acceptors (Lipinski definition) is 6. The second-order valence-electron chi connectivity index (χ2n) is 4.26. The van der Waals surface area contributed by atoms with Crippen LogP contribution in [0.3, 0.4) is 0 Å². The summed E-state index contributed by atoms with van der Waals surface area (Å²) in [6.45, 7) is 0. The molecule has 0 spiro atoms. The maximum atomic E-state index is 4.55. The van der Waals surface area contributed by atoms with E-state index in [1.807, 2.05) is 48.0 Å². The number of nitrogens with zero attached hydrogens (tertiary/aromatic N) is 5. The summed E-state index contributed by atoms with van der Waals surface area (Å²) in [7, 11) is 0. The van der Waals surface area contributed by atoms with Crippen molar-refractivity contribution in [1.82, 2.24) is 24.8 Å². The van der Waals surface area contributed by atoms with Crippen molar-refractivity contribution >= 4 is 39.8 Å². The van der Waals surface area contributed by atoms with Crippen molar-refractivity contribution in [2.75, 3.05) is 0 Å². The quantitative estimate of drug-likeness (QED) is 0.581.